The van der Waals surface area contributed by atoms with Crippen LogP contribution in [0.3, 0.4) is 0 Å². The number of benzene rings is 2. The average molecular weight is 438 g/mol. The number of thioether (sulfide) groups is 1. The van der Waals surface area contributed by atoms with Gasteiger partial charge in [-0.15, -0.1) is 11.8 Å². The van der Waals surface area contributed by atoms with Gasteiger partial charge in [0, 0.05) is 49.0 Å². The topological polar surface area (TPSA) is 35.6 Å². The molecule has 0 aromatic heterocycles. The molecule has 2 aromatic carbocycles. The third-order valence-electron chi connectivity index (χ3n) is 4.86. The Labute approximate surface area is 181 Å². The van der Waals surface area contributed by atoms with E-state index in [4.69, 9.17) is 23.2 Å². The molecule has 1 N–H and O–H groups in total. The Morgan fingerprint density at radius 1 is 1.07 bits per heavy atom. The lowest BCUT2D eigenvalue weighted by atomic mass is 10.1. The molecule has 150 valence electrons. The quantitative estimate of drug-likeness (QED) is 0.605. The molecular weight excluding hydrogens is 413 g/mol. The molecule has 1 amide bonds. The lowest BCUT2D eigenvalue weighted by molar-refractivity contribution is 0.0747. The molecule has 4 nitrogen and oxygen atoms in total. The van der Waals surface area contributed by atoms with E-state index in [2.05, 4.69) is 23.2 Å². The first-order valence-corrected chi connectivity index (χ1v) is 11.4. The third kappa shape index (κ3) is 4.88. The van der Waals surface area contributed by atoms with Crippen LogP contribution in [0.1, 0.15) is 23.7 Å². The molecule has 0 unspecified atom stereocenters. The number of nitrogens with one attached hydrogen (secondary N) is 1. The van der Waals surface area contributed by atoms with Gasteiger partial charge in [0.1, 0.15) is 0 Å². The van der Waals surface area contributed by atoms with Gasteiger partial charge in [-0.25, -0.2) is 0 Å². The van der Waals surface area contributed by atoms with E-state index in [1.165, 1.54) is 0 Å². The molecule has 1 aliphatic rings. The highest BCUT2D eigenvalue weighted by Gasteiger charge is 2.24. The number of piperazine rings is 1. The molecule has 0 aliphatic carbocycles. The van der Waals surface area contributed by atoms with Crippen LogP contribution in [0.25, 0.3) is 0 Å². The Bertz CT molecular complexity index is 838. The largest absolute Gasteiger partial charge is 0.384 e. The molecule has 28 heavy (non-hydrogen) atoms. The van der Waals surface area contributed by atoms with E-state index in [9.17, 15) is 4.79 Å². The van der Waals surface area contributed by atoms with Crippen LogP contribution in [-0.4, -0.2) is 49.8 Å². The summed E-state index contributed by atoms with van der Waals surface area (Å²) >= 11 is 13.8. The first kappa shape index (κ1) is 21.2. The van der Waals surface area contributed by atoms with Crippen molar-refractivity contribution in [3.63, 3.8) is 0 Å². The van der Waals surface area contributed by atoms with E-state index >= 15 is 0 Å². The summed E-state index contributed by atoms with van der Waals surface area (Å²) in [4.78, 5) is 18.5. The fourth-order valence-corrected chi connectivity index (χ4v) is 3.99. The Kier molecular flexibility index (Phi) is 7.38. The summed E-state index contributed by atoms with van der Waals surface area (Å²) in [6, 6.07) is 11.7. The summed E-state index contributed by atoms with van der Waals surface area (Å²) in [5.74, 6) is 0.0864. The minimum atomic E-state index is 0.0864. The van der Waals surface area contributed by atoms with Gasteiger partial charge in [0.05, 0.1) is 15.6 Å². The zero-order valence-corrected chi connectivity index (χ0v) is 18.5. The van der Waals surface area contributed by atoms with Crippen LogP contribution in [-0.2, 0) is 0 Å². The molecular formula is C21H25Cl2N3OS. The van der Waals surface area contributed by atoms with E-state index in [0.717, 1.165) is 47.9 Å². The predicted molar refractivity (Wildman–Crippen MR) is 122 cm³/mol. The van der Waals surface area contributed by atoms with Gasteiger partial charge in [0.25, 0.3) is 5.91 Å². The standard InChI is InChI=1S/C21H25Cl2N3OS/c1-3-8-24-20-7-5-16(28-2)14-17(20)21(27)26-11-9-25(10-12-26)15-4-6-18(22)19(23)13-15/h4-7,13-14,24H,3,8-12H2,1-2H3. The molecule has 1 fully saturated rings. The van der Waals surface area contributed by atoms with Crippen molar-refractivity contribution in [2.75, 3.05) is 49.2 Å². The van der Waals surface area contributed by atoms with Crippen LogP contribution >= 0.6 is 35.0 Å². The fourth-order valence-electron chi connectivity index (χ4n) is 3.26. The molecule has 0 spiro atoms. The van der Waals surface area contributed by atoms with Gasteiger partial charge in [-0.3, -0.25) is 4.79 Å². The van der Waals surface area contributed by atoms with E-state index in [1.807, 2.05) is 41.5 Å². The van der Waals surface area contributed by atoms with Gasteiger partial charge >= 0.3 is 0 Å². The Morgan fingerprint density at radius 2 is 1.82 bits per heavy atom. The Morgan fingerprint density at radius 3 is 2.46 bits per heavy atom. The van der Waals surface area contributed by atoms with Gasteiger partial charge in [0.2, 0.25) is 0 Å². The molecule has 1 saturated heterocycles. The zero-order valence-electron chi connectivity index (χ0n) is 16.2. The SMILES string of the molecule is CCCNc1ccc(SC)cc1C(=O)N1CCN(c2ccc(Cl)c(Cl)c2)CC1. The number of hydrogen-bond acceptors (Lipinski definition) is 4. The molecule has 3 rings (SSSR count). The summed E-state index contributed by atoms with van der Waals surface area (Å²) in [6.07, 6.45) is 3.04. The fraction of sp³-hybridized carbons (Fsp3) is 0.381. The number of rotatable bonds is 6. The summed E-state index contributed by atoms with van der Waals surface area (Å²) in [7, 11) is 0. The van der Waals surface area contributed by atoms with Crippen molar-refractivity contribution in [1.82, 2.24) is 4.90 Å². The van der Waals surface area contributed by atoms with Crippen molar-refractivity contribution in [1.29, 1.82) is 0 Å². The van der Waals surface area contributed by atoms with Crippen molar-refractivity contribution in [2.24, 2.45) is 0 Å². The second-order valence-electron chi connectivity index (χ2n) is 6.72. The van der Waals surface area contributed by atoms with Crippen LogP contribution in [0.15, 0.2) is 41.3 Å². The summed E-state index contributed by atoms with van der Waals surface area (Å²) in [5.41, 5.74) is 2.70. The highest BCUT2D eigenvalue weighted by molar-refractivity contribution is 7.98. The van der Waals surface area contributed by atoms with Crippen molar-refractivity contribution < 1.29 is 4.79 Å². The summed E-state index contributed by atoms with van der Waals surface area (Å²) in [6.45, 7) is 5.86. The lowest BCUT2D eigenvalue weighted by Crippen LogP contribution is -2.49. The second-order valence-corrected chi connectivity index (χ2v) is 8.41. The maximum atomic E-state index is 13.2. The van der Waals surface area contributed by atoms with Crippen LogP contribution < -0.4 is 10.2 Å². The third-order valence-corrected chi connectivity index (χ3v) is 6.32. The maximum absolute atomic E-state index is 13.2. The predicted octanol–water partition coefficient (Wildman–Crippen LogP) is 5.50. The van der Waals surface area contributed by atoms with Crippen molar-refractivity contribution >= 4 is 52.2 Å². The van der Waals surface area contributed by atoms with Gasteiger partial charge in [-0.05, 0) is 49.1 Å². The summed E-state index contributed by atoms with van der Waals surface area (Å²) in [5, 5.41) is 4.50. The second kappa shape index (κ2) is 9.77. The number of amides is 1. The number of nitrogens with zero attached hydrogens (tertiary/aromatic N) is 2. The van der Waals surface area contributed by atoms with Crippen molar-refractivity contribution in [3.8, 4) is 0 Å². The highest BCUT2D eigenvalue weighted by Crippen LogP contribution is 2.29. The van der Waals surface area contributed by atoms with E-state index in [-0.39, 0.29) is 5.91 Å². The number of anilines is 2. The van der Waals surface area contributed by atoms with E-state index < -0.39 is 0 Å². The molecule has 7 heteroatoms. The monoisotopic (exact) mass is 437 g/mol. The van der Waals surface area contributed by atoms with Crippen molar-refractivity contribution in [2.45, 2.75) is 18.2 Å². The van der Waals surface area contributed by atoms with Crippen LogP contribution in [0, 0.1) is 0 Å². The smallest absolute Gasteiger partial charge is 0.256 e. The molecule has 1 aliphatic heterocycles. The van der Waals surface area contributed by atoms with E-state index in [0.29, 0.717) is 23.1 Å². The highest BCUT2D eigenvalue weighted by atomic mass is 35.5. The lowest BCUT2D eigenvalue weighted by Gasteiger charge is -2.36. The Hall–Kier alpha value is -1.56. The molecule has 0 atom stereocenters. The average Bonchev–Trinajstić information content (AvgIpc) is 2.73. The van der Waals surface area contributed by atoms with Gasteiger partial charge < -0.3 is 15.1 Å². The minimum Gasteiger partial charge on any atom is -0.384 e. The normalized spacial score (nSPS) is 14.3. The maximum Gasteiger partial charge on any atom is 0.256 e. The van der Waals surface area contributed by atoms with Crippen LogP contribution in [0.5, 0.6) is 0 Å². The van der Waals surface area contributed by atoms with Gasteiger partial charge in [0.15, 0.2) is 0 Å². The first-order chi connectivity index (χ1) is 13.5. The Balaban J connectivity index is 1.71. The number of carbonyl (C=O) groups excluding carboxylic acids is 1. The molecule has 0 radical (unpaired) electrons. The van der Waals surface area contributed by atoms with E-state index in [1.54, 1.807) is 11.8 Å². The molecule has 0 bridgehead atoms. The number of hydrogen-bond donors (Lipinski definition) is 1. The number of halogens is 2. The number of carbonyl (C=O) groups is 1. The van der Waals surface area contributed by atoms with Crippen LogP contribution in [0.2, 0.25) is 10.0 Å². The molecule has 0 saturated carbocycles. The zero-order chi connectivity index (χ0) is 20.1. The van der Waals surface area contributed by atoms with Crippen molar-refractivity contribution in [3.05, 3.63) is 52.0 Å². The van der Waals surface area contributed by atoms with Gasteiger partial charge in [-0.1, -0.05) is 30.1 Å². The molecule has 1 heterocycles. The first-order valence-electron chi connectivity index (χ1n) is 9.44. The van der Waals surface area contributed by atoms with Crippen LogP contribution in [0.4, 0.5) is 11.4 Å². The molecule has 2 aromatic rings. The summed E-state index contributed by atoms with van der Waals surface area (Å²) < 4.78 is 0. The minimum absolute atomic E-state index is 0.0864. The van der Waals surface area contributed by atoms with Gasteiger partial charge in [-0.2, -0.15) is 0 Å².